The zero-order chi connectivity index (χ0) is 20.4. The summed E-state index contributed by atoms with van der Waals surface area (Å²) in [4.78, 5) is 29.2. The van der Waals surface area contributed by atoms with Crippen molar-refractivity contribution in [2.24, 2.45) is 4.99 Å². The summed E-state index contributed by atoms with van der Waals surface area (Å²) in [6, 6.07) is 17.4. The van der Waals surface area contributed by atoms with Gasteiger partial charge in [0.2, 0.25) is 0 Å². The number of hydrogen-bond acceptors (Lipinski definition) is 4. The molecule has 0 aliphatic heterocycles. The van der Waals surface area contributed by atoms with Gasteiger partial charge in [-0.2, -0.15) is 4.99 Å². The zero-order valence-electron chi connectivity index (χ0n) is 15.6. The quantitative estimate of drug-likeness (QED) is 0.473. The van der Waals surface area contributed by atoms with E-state index in [-0.39, 0.29) is 18.7 Å². The van der Waals surface area contributed by atoms with Crippen LogP contribution >= 0.6 is 11.3 Å². The number of halogens is 1. The molecule has 1 heterocycles. The third kappa shape index (κ3) is 3.69. The number of nitrogens with zero attached hydrogens (tertiary/aromatic N) is 2. The van der Waals surface area contributed by atoms with E-state index in [1.807, 2.05) is 36.4 Å². The number of benzene rings is 3. The van der Waals surface area contributed by atoms with Crippen molar-refractivity contribution in [3.05, 3.63) is 76.8 Å². The Labute approximate surface area is 169 Å². The van der Waals surface area contributed by atoms with Crippen LogP contribution in [0.5, 0.6) is 0 Å². The predicted molar refractivity (Wildman–Crippen MR) is 110 cm³/mol. The first kappa shape index (κ1) is 19.0. The molecule has 0 saturated heterocycles. The van der Waals surface area contributed by atoms with Crippen LogP contribution in [0.1, 0.15) is 17.3 Å². The van der Waals surface area contributed by atoms with Gasteiger partial charge in [-0.1, -0.05) is 53.8 Å². The maximum Gasteiger partial charge on any atom is 0.326 e. The fourth-order valence-electron chi connectivity index (χ4n) is 3.15. The average Bonchev–Trinajstić information content (AvgIpc) is 3.06. The first-order valence-electron chi connectivity index (χ1n) is 9.08. The molecule has 0 fully saturated rings. The average molecular weight is 408 g/mol. The summed E-state index contributed by atoms with van der Waals surface area (Å²) in [5.74, 6) is -1.76. The second-order valence-electron chi connectivity index (χ2n) is 6.31. The van der Waals surface area contributed by atoms with Gasteiger partial charge in [0.05, 0.1) is 22.4 Å². The molecule has 0 saturated carbocycles. The SMILES string of the molecule is CCOC(=O)Cn1c(=NC(=O)c2ccccc2F)sc2c3ccccc3ccc21. The van der Waals surface area contributed by atoms with E-state index < -0.39 is 17.7 Å². The predicted octanol–water partition coefficient (Wildman–Crippen LogP) is 4.30. The molecule has 0 aliphatic rings. The maximum absolute atomic E-state index is 14.0. The number of aromatic nitrogens is 1. The summed E-state index contributed by atoms with van der Waals surface area (Å²) >= 11 is 1.29. The Bertz CT molecular complexity index is 1310. The Morgan fingerprint density at radius 1 is 1.07 bits per heavy atom. The van der Waals surface area contributed by atoms with Crippen LogP contribution in [0, 0.1) is 5.82 Å². The number of rotatable bonds is 4. The van der Waals surface area contributed by atoms with Crippen molar-refractivity contribution in [2.75, 3.05) is 6.61 Å². The van der Waals surface area contributed by atoms with Gasteiger partial charge in [0.15, 0.2) is 4.80 Å². The van der Waals surface area contributed by atoms with Gasteiger partial charge in [0.1, 0.15) is 12.4 Å². The lowest BCUT2D eigenvalue weighted by atomic mass is 10.1. The van der Waals surface area contributed by atoms with Gasteiger partial charge in [-0.25, -0.2) is 4.39 Å². The molecule has 0 N–H and O–H groups in total. The van der Waals surface area contributed by atoms with Crippen LogP contribution in [0.2, 0.25) is 0 Å². The Balaban J connectivity index is 1.93. The van der Waals surface area contributed by atoms with E-state index >= 15 is 0 Å². The minimum atomic E-state index is -0.698. The van der Waals surface area contributed by atoms with Gasteiger partial charge in [-0.15, -0.1) is 0 Å². The zero-order valence-corrected chi connectivity index (χ0v) is 16.4. The van der Waals surface area contributed by atoms with Crippen molar-refractivity contribution >= 4 is 44.2 Å². The van der Waals surface area contributed by atoms with E-state index in [1.54, 1.807) is 17.6 Å². The van der Waals surface area contributed by atoms with Crippen LogP contribution in [0.15, 0.2) is 65.7 Å². The molecule has 0 unspecified atom stereocenters. The highest BCUT2D eigenvalue weighted by Crippen LogP contribution is 2.27. The summed E-state index contributed by atoms with van der Waals surface area (Å²) in [6.07, 6.45) is 0. The molecular formula is C22H17FN2O3S. The molecule has 4 aromatic rings. The molecular weight excluding hydrogens is 391 g/mol. The maximum atomic E-state index is 14.0. The summed E-state index contributed by atoms with van der Waals surface area (Å²) in [5, 5.41) is 2.03. The minimum absolute atomic E-state index is 0.0877. The van der Waals surface area contributed by atoms with E-state index in [0.29, 0.717) is 4.80 Å². The number of amides is 1. The van der Waals surface area contributed by atoms with Crippen LogP contribution in [-0.4, -0.2) is 23.1 Å². The van der Waals surface area contributed by atoms with Crippen LogP contribution in [0.4, 0.5) is 4.39 Å². The van der Waals surface area contributed by atoms with Crippen molar-refractivity contribution < 1.29 is 18.7 Å². The molecule has 7 heteroatoms. The van der Waals surface area contributed by atoms with Crippen LogP contribution in [-0.2, 0) is 16.1 Å². The fourth-order valence-corrected chi connectivity index (χ4v) is 4.32. The van der Waals surface area contributed by atoms with Crippen LogP contribution in [0.3, 0.4) is 0 Å². The molecule has 0 atom stereocenters. The number of carbonyl (C=O) groups is 2. The second-order valence-corrected chi connectivity index (χ2v) is 7.29. The normalized spacial score (nSPS) is 11.9. The molecule has 1 amide bonds. The van der Waals surface area contributed by atoms with E-state index in [2.05, 4.69) is 4.99 Å². The smallest absolute Gasteiger partial charge is 0.326 e. The molecule has 0 bridgehead atoms. The highest BCUT2D eigenvalue weighted by molar-refractivity contribution is 7.17. The number of fused-ring (bicyclic) bond motifs is 3. The van der Waals surface area contributed by atoms with Crippen molar-refractivity contribution in [1.82, 2.24) is 4.57 Å². The fraction of sp³-hybridized carbons (Fsp3) is 0.136. The molecule has 29 heavy (non-hydrogen) atoms. The highest BCUT2D eigenvalue weighted by atomic mass is 32.1. The lowest BCUT2D eigenvalue weighted by Crippen LogP contribution is -2.23. The molecule has 5 nitrogen and oxygen atoms in total. The van der Waals surface area contributed by atoms with E-state index in [0.717, 1.165) is 21.0 Å². The lowest BCUT2D eigenvalue weighted by Gasteiger charge is -2.06. The monoisotopic (exact) mass is 408 g/mol. The molecule has 3 aromatic carbocycles. The molecule has 146 valence electrons. The number of thiazole rings is 1. The van der Waals surface area contributed by atoms with Crippen molar-refractivity contribution in [3.8, 4) is 0 Å². The Morgan fingerprint density at radius 3 is 2.62 bits per heavy atom. The van der Waals surface area contributed by atoms with Crippen molar-refractivity contribution in [3.63, 3.8) is 0 Å². The summed E-state index contributed by atoms with van der Waals surface area (Å²) in [7, 11) is 0. The van der Waals surface area contributed by atoms with E-state index in [1.165, 1.54) is 29.5 Å². The molecule has 1 aromatic heterocycles. The Kier molecular flexibility index (Phi) is 5.22. The van der Waals surface area contributed by atoms with Gasteiger partial charge in [0.25, 0.3) is 5.91 Å². The second kappa shape index (κ2) is 7.97. The molecule has 0 radical (unpaired) electrons. The van der Waals surface area contributed by atoms with E-state index in [4.69, 9.17) is 4.74 Å². The summed E-state index contributed by atoms with van der Waals surface area (Å²) < 4.78 is 21.6. The van der Waals surface area contributed by atoms with Crippen LogP contribution in [0.25, 0.3) is 21.0 Å². The number of hydrogen-bond donors (Lipinski definition) is 0. The first-order valence-corrected chi connectivity index (χ1v) is 9.90. The van der Waals surface area contributed by atoms with Gasteiger partial charge in [-0.05, 0) is 30.5 Å². The molecule has 0 aliphatic carbocycles. The van der Waals surface area contributed by atoms with Crippen molar-refractivity contribution in [2.45, 2.75) is 13.5 Å². The molecule has 0 spiro atoms. The Morgan fingerprint density at radius 2 is 1.83 bits per heavy atom. The van der Waals surface area contributed by atoms with Crippen molar-refractivity contribution in [1.29, 1.82) is 0 Å². The summed E-state index contributed by atoms with van der Waals surface area (Å²) in [6.45, 7) is 1.90. The topological polar surface area (TPSA) is 60.7 Å². The highest BCUT2D eigenvalue weighted by Gasteiger charge is 2.15. The van der Waals surface area contributed by atoms with Gasteiger partial charge < -0.3 is 9.30 Å². The largest absolute Gasteiger partial charge is 0.465 e. The standard InChI is InChI=1S/C22H17FN2O3S/c1-2-28-19(26)13-25-18-12-11-14-7-3-4-8-15(14)20(18)29-22(25)24-21(27)16-9-5-6-10-17(16)23/h3-12H,2,13H2,1H3. The van der Waals surface area contributed by atoms with Crippen LogP contribution < -0.4 is 4.80 Å². The first-order chi connectivity index (χ1) is 14.1. The van der Waals surface area contributed by atoms with Gasteiger partial charge in [-0.3, -0.25) is 9.59 Å². The third-order valence-corrected chi connectivity index (χ3v) is 5.60. The lowest BCUT2D eigenvalue weighted by molar-refractivity contribution is -0.143. The van der Waals surface area contributed by atoms with Gasteiger partial charge >= 0.3 is 5.97 Å². The summed E-state index contributed by atoms with van der Waals surface area (Å²) in [5.41, 5.74) is 0.652. The Hall–Kier alpha value is -3.32. The number of carbonyl (C=O) groups excluding carboxylic acids is 2. The van der Waals surface area contributed by atoms with E-state index in [9.17, 15) is 14.0 Å². The van der Waals surface area contributed by atoms with Gasteiger partial charge in [0, 0.05) is 5.39 Å². The molecule has 4 rings (SSSR count). The number of ether oxygens (including phenoxy) is 1. The minimum Gasteiger partial charge on any atom is -0.465 e. The number of esters is 1. The third-order valence-electron chi connectivity index (χ3n) is 4.47.